The highest BCUT2D eigenvalue weighted by Gasteiger charge is 2.32. The Morgan fingerprint density at radius 3 is 2.75 bits per heavy atom. The SMILES string of the molecule is CC(=O)/C(C#N)=C1/NC(=O)[C@@H](Cc2ccccc2C)S1. The van der Waals surface area contributed by atoms with Crippen molar-refractivity contribution >= 4 is 23.5 Å². The average molecular weight is 286 g/mol. The molecular weight excluding hydrogens is 272 g/mol. The molecule has 4 nitrogen and oxygen atoms in total. The monoisotopic (exact) mass is 286 g/mol. The Hall–Kier alpha value is -2.06. The highest BCUT2D eigenvalue weighted by molar-refractivity contribution is 8.04. The van der Waals surface area contributed by atoms with Crippen molar-refractivity contribution in [3.63, 3.8) is 0 Å². The first-order chi connectivity index (χ1) is 9.52. The molecule has 0 unspecified atom stereocenters. The van der Waals surface area contributed by atoms with Crippen LogP contribution in [-0.2, 0) is 16.0 Å². The first-order valence-electron chi connectivity index (χ1n) is 6.20. The van der Waals surface area contributed by atoms with Gasteiger partial charge in [0.1, 0.15) is 11.6 Å². The van der Waals surface area contributed by atoms with Crippen molar-refractivity contribution in [3.05, 3.63) is 46.0 Å². The molecule has 1 heterocycles. The smallest absolute Gasteiger partial charge is 0.238 e. The molecule has 0 spiro atoms. The predicted molar refractivity (Wildman–Crippen MR) is 77.7 cm³/mol. The second kappa shape index (κ2) is 5.93. The lowest BCUT2D eigenvalue weighted by molar-refractivity contribution is -0.119. The number of carbonyl (C=O) groups excluding carboxylic acids is 2. The molecule has 1 aliphatic heterocycles. The number of rotatable bonds is 3. The third-order valence-corrected chi connectivity index (χ3v) is 4.35. The number of nitrogens with one attached hydrogen (secondary N) is 1. The molecule has 1 fully saturated rings. The van der Waals surface area contributed by atoms with Gasteiger partial charge in [0.15, 0.2) is 5.78 Å². The molecule has 1 atom stereocenters. The van der Waals surface area contributed by atoms with E-state index < -0.39 is 0 Å². The first-order valence-corrected chi connectivity index (χ1v) is 7.08. The molecule has 1 N–H and O–H groups in total. The Labute approximate surface area is 121 Å². The number of benzene rings is 1. The molecule has 1 aliphatic rings. The number of Topliss-reactive ketones (excluding diaryl/α,β-unsaturated/α-hetero) is 1. The molecule has 0 bridgehead atoms. The first kappa shape index (κ1) is 14.4. The quantitative estimate of drug-likeness (QED) is 0.682. The van der Waals surface area contributed by atoms with Gasteiger partial charge in [0.25, 0.3) is 0 Å². The van der Waals surface area contributed by atoms with Crippen LogP contribution < -0.4 is 5.32 Å². The summed E-state index contributed by atoms with van der Waals surface area (Å²) < 4.78 is 0. The molecule has 1 aromatic rings. The Balaban J connectivity index is 2.21. The highest BCUT2D eigenvalue weighted by Crippen LogP contribution is 2.32. The van der Waals surface area contributed by atoms with Gasteiger partial charge >= 0.3 is 0 Å². The standard InChI is InChI=1S/C15H14N2O2S/c1-9-5-3-4-6-11(9)7-13-14(19)17-15(20-13)12(8-16)10(2)18/h3-6,13H,7H2,1-2H3,(H,17,19)/b15-12-/t13-/m1/s1. The van der Waals surface area contributed by atoms with E-state index in [4.69, 9.17) is 5.26 Å². The lowest BCUT2D eigenvalue weighted by atomic mass is 10.0. The van der Waals surface area contributed by atoms with Crippen LogP contribution in [0, 0.1) is 18.3 Å². The average Bonchev–Trinajstić information content (AvgIpc) is 2.74. The molecule has 2 rings (SSSR count). The molecule has 1 amide bonds. The van der Waals surface area contributed by atoms with Crippen LogP contribution >= 0.6 is 11.8 Å². The van der Waals surface area contributed by atoms with E-state index in [1.807, 2.05) is 37.3 Å². The summed E-state index contributed by atoms with van der Waals surface area (Å²) in [6.45, 7) is 3.33. The van der Waals surface area contributed by atoms with Crippen LogP contribution in [0.15, 0.2) is 34.9 Å². The maximum Gasteiger partial charge on any atom is 0.238 e. The predicted octanol–water partition coefficient (Wildman–Crippen LogP) is 2.09. The van der Waals surface area contributed by atoms with Gasteiger partial charge in [0.05, 0.1) is 10.3 Å². The number of carbonyl (C=O) groups is 2. The topological polar surface area (TPSA) is 70.0 Å². The summed E-state index contributed by atoms with van der Waals surface area (Å²) in [5.41, 5.74) is 2.25. The summed E-state index contributed by atoms with van der Waals surface area (Å²) in [6, 6.07) is 9.73. The highest BCUT2D eigenvalue weighted by atomic mass is 32.2. The van der Waals surface area contributed by atoms with Crippen molar-refractivity contribution in [2.75, 3.05) is 0 Å². The minimum absolute atomic E-state index is 0.0237. The third-order valence-electron chi connectivity index (χ3n) is 3.15. The Morgan fingerprint density at radius 2 is 2.15 bits per heavy atom. The maximum atomic E-state index is 12.0. The molecule has 0 aromatic heterocycles. The third kappa shape index (κ3) is 2.91. The fourth-order valence-electron chi connectivity index (χ4n) is 2.00. The lowest BCUT2D eigenvalue weighted by Crippen LogP contribution is -2.24. The van der Waals surface area contributed by atoms with Crippen LogP contribution in [0.25, 0.3) is 0 Å². The number of ketones is 1. The van der Waals surface area contributed by atoms with Crippen molar-refractivity contribution in [1.82, 2.24) is 5.32 Å². The van der Waals surface area contributed by atoms with E-state index in [1.54, 1.807) is 0 Å². The summed E-state index contributed by atoms with van der Waals surface area (Å²) in [6.07, 6.45) is 0.587. The zero-order chi connectivity index (χ0) is 14.7. The summed E-state index contributed by atoms with van der Waals surface area (Å²) in [5, 5.41) is 11.7. The number of nitriles is 1. The van der Waals surface area contributed by atoms with E-state index in [0.29, 0.717) is 11.4 Å². The van der Waals surface area contributed by atoms with E-state index >= 15 is 0 Å². The van der Waals surface area contributed by atoms with Gasteiger partial charge in [-0.2, -0.15) is 5.26 Å². The van der Waals surface area contributed by atoms with Gasteiger partial charge in [0.2, 0.25) is 5.91 Å². The van der Waals surface area contributed by atoms with Gasteiger partial charge in [-0.15, -0.1) is 0 Å². The fourth-order valence-corrected chi connectivity index (χ4v) is 3.18. The van der Waals surface area contributed by atoms with Gasteiger partial charge < -0.3 is 5.32 Å². The van der Waals surface area contributed by atoms with Gasteiger partial charge in [-0.3, -0.25) is 9.59 Å². The number of amides is 1. The molecule has 1 saturated heterocycles. The van der Waals surface area contributed by atoms with Crippen LogP contribution in [-0.4, -0.2) is 16.9 Å². The van der Waals surface area contributed by atoms with Crippen LogP contribution in [0.1, 0.15) is 18.1 Å². The Morgan fingerprint density at radius 1 is 1.45 bits per heavy atom. The molecule has 0 aliphatic carbocycles. The molecule has 20 heavy (non-hydrogen) atoms. The Kier molecular flexibility index (Phi) is 4.26. The van der Waals surface area contributed by atoms with Crippen molar-refractivity contribution in [2.24, 2.45) is 0 Å². The van der Waals surface area contributed by atoms with Gasteiger partial charge in [-0.25, -0.2) is 0 Å². The summed E-state index contributed by atoms with van der Waals surface area (Å²) in [7, 11) is 0. The van der Waals surface area contributed by atoms with E-state index in [2.05, 4.69) is 5.32 Å². The zero-order valence-corrected chi connectivity index (χ0v) is 12.1. The summed E-state index contributed by atoms with van der Waals surface area (Å²) in [5.74, 6) is -0.478. The maximum absolute atomic E-state index is 12.0. The Bertz CT molecular complexity index is 644. The number of hydrogen-bond acceptors (Lipinski definition) is 4. The van der Waals surface area contributed by atoms with Gasteiger partial charge in [-0.1, -0.05) is 36.0 Å². The van der Waals surface area contributed by atoms with E-state index in [0.717, 1.165) is 11.1 Å². The van der Waals surface area contributed by atoms with Crippen molar-refractivity contribution < 1.29 is 9.59 Å². The molecule has 0 radical (unpaired) electrons. The molecule has 1 aromatic carbocycles. The number of aryl methyl sites for hydroxylation is 1. The number of thioether (sulfide) groups is 1. The zero-order valence-electron chi connectivity index (χ0n) is 11.3. The largest absolute Gasteiger partial charge is 0.318 e. The molecule has 5 heteroatoms. The van der Waals surface area contributed by atoms with Crippen LogP contribution in [0.3, 0.4) is 0 Å². The number of nitrogens with zero attached hydrogens (tertiary/aromatic N) is 1. The van der Waals surface area contributed by atoms with E-state index in [-0.39, 0.29) is 22.5 Å². The minimum Gasteiger partial charge on any atom is -0.318 e. The second-order valence-corrected chi connectivity index (χ2v) is 5.81. The van der Waals surface area contributed by atoms with E-state index in [1.165, 1.54) is 18.7 Å². The van der Waals surface area contributed by atoms with Crippen molar-refractivity contribution in [3.8, 4) is 6.07 Å². The number of hydrogen-bond donors (Lipinski definition) is 1. The van der Waals surface area contributed by atoms with Crippen LogP contribution in [0.4, 0.5) is 0 Å². The van der Waals surface area contributed by atoms with Crippen molar-refractivity contribution in [1.29, 1.82) is 5.26 Å². The lowest BCUT2D eigenvalue weighted by Gasteiger charge is -2.08. The second-order valence-electron chi connectivity index (χ2n) is 4.60. The van der Waals surface area contributed by atoms with Crippen molar-refractivity contribution in [2.45, 2.75) is 25.5 Å². The molecular formula is C15H14N2O2S. The van der Waals surface area contributed by atoms with Gasteiger partial charge in [-0.05, 0) is 31.4 Å². The van der Waals surface area contributed by atoms with Gasteiger partial charge in [0, 0.05) is 0 Å². The summed E-state index contributed by atoms with van der Waals surface area (Å²) >= 11 is 1.26. The number of allylic oxidation sites excluding steroid dienone is 1. The summed E-state index contributed by atoms with van der Waals surface area (Å²) in [4.78, 5) is 23.3. The fraction of sp³-hybridized carbons (Fsp3) is 0.267. The molecule has 102 valence electrons. The normalized spacial score (nSPS) is 20.2. The van der Waals surface area contributed by atoms with E-state index in [9.17, 15) is 9.59 Å². The van der Waals surface area contributed by atoms with Crippen LogP contribution in [0.2, 0.25) is 0 Å². The molecule has 0 saturated carbocycles. The van der Waals surface area contributed by atoms with Crippen LogP contribution in [0.5, 0.6) is 0 Å². The minimum atomic E-state index is -0.327.